The SMILES string of the molecule is CCOC(=O)c1csc([C@@H](NC(=O)c2coc([C@@H](NC(=O)C3N=C([C@@H](N)C(C)C)O[C@@H]3C)C(C)C)n2)C(C)C)n1. The van der Waals surface area contributed by atoms with E-state index in [0.29, 0.717) is 10.9 Å². The van der Waals surface area contributed by atoms with Crippen molar-refractivity contribution in [2.45, 2.75) is 85.7 Å². The van der Waals surface area contributed by atoms with E-state index in [1.54, 1.807) is 19.2 Å². The highest BCUT2D eigenvalue weighted by molar-refractivity contribution is 7.09. The summed E-state index contributed by atoms with van der Waals surface area (Å²) in [4.78, 5) is 51.5. The van der Waals surface area contributed by atoms with Crippen LogP contribution in [0, 0.1) is 17.8 Å². The number of ether oxygens (including phenoxy) is 2. The Hall–Kier alpha value is -3.32. The van der Waals surface area contributed by atoms with Crippen LogP contribution in [0.15, 0.2) is 21.1 Å². The van der Waals surface area contributed by atoms with Gasteiger partial charge in [-0.05, 0) is 31.6 Å². The molecule has 0 fully saturated rings. The number of hydrogen-bond acceptors (Lipinski definition) is 11. The van der Waals surface area contributed by atoms with Crippen LogP contribution in [-0.4, -0.2) is 58.4 Å². The number of carbonyl (C=O) groups is 3. The fraction of sp³-hybridized carbons (Fsp3) is 0.630. The van der Waals surface area contributed by atoms with E-state index < -0.39 is 42.1 Å². The fourth-order valence-electron chi connectivity index (χ4n) is 3.99. The first kappa shape index (κ1) is 31.2. The smallest absolute Gasteiger partial charge is 0.357 e. The van der Waals surface area contributed by atoms with Crippen molar-refractivity contribution in [1.82, 2.24) is 20.6 Å². The van der Waals surface area contributed by atoms with Crippen molar-refractivity contribution in [2.75, 3.05) is 6.61 Å². The molecular weight excluding hydrogens is 536 g/mol. The highest BCUT2D eigenvalue weighted by Gasteiger charge is 2.38. The molecule has 2 aromatic heterocycles. The number of rotatable bonds is 12. The molecule has 0 saturated carbocycles. The number of nitrogens with zero attached hydrogens (tertiary/aromatic N) is 3. The van der Waals surface area contributed by atoms with Gasteiger partial charge in [-0.25, -0.2) is 19.8 Å². The molecule has 0 aliphatic carbocycles. The Bertz CT molecular complexity index is 1220. The third-order valence-electron chi connectivity index (χ3n) is 6.50. The van der Waals surface area contributed by atoms with E-state index >= 15 is 0 Å². The lowest BCUT2D eigenvalue weighted by Crippen LogP contribution is -2.41. The molecule has 0 spiro atoms. The van der Waals surface area contributed by atoms with Crippen LogP contribution in [0.2, 0.25) is 0 Å². The largest absolute Gasteiger partial charge is 0.474 e. The minimum atomic E-state index is -0.761. The lowest BCUT2D eigenvalue weighted by Gasteiger charge is -2.21. The third kappa shape index (κ3) is 7.25. The Morgan fingerprint density at radius 1 is 1.02 bits per heavy atom. The summed E-state index contributed by atoms with van der Waals surface area (Å²) in [5, 5.41) is 8.07. The number of nitrogens with one attached hydrogen (secondary N) is 2. The molecule has 220 valence electrons. The average Bonchev–Trinajstić information content (AvgIpc) is 3.64. The Balaban J connectivity index is 1.72. The highest BCUT2D eigenvalue weighted by Crippen LogP contribution is 2.27. The Kier molecular flexibility index (Phi) is 10.4. The number of amides is 2. The van der Waals surface area contributed by atoms with Crippen molar-refractivity contribution in [3.05, 3.63) is 33.9 Å². The highest BCUT2D eigenvalue weighted by atomic mass is 32.1. The molecule has 3 rings (SSSR count). The van der Waals surface area contributed by atoms with E-state index in [4.69, 9.17) is 19.6 Å². The van der Waals surface area contributed by atoms with Crippen molar-refractivity contribution in [2.24, 2.45) is 28.5 Å². The summed E-state index contributed by atoms with van der Waals surface area (Å²) in [6.07, 6.45) is 0.788. The summed E-state index contributed by atoms with van der Waals surface area (Å²) in [5.74, 6) is -0.769. The van der Waals surface area contributed by atoms with Gasteiger partial charge in [0.15, 0.2) is 17.4 Å². The second-order valence-electron chi connectivity index (χ2n) is 10.8. The number of carbonyl (C=O) groups excluding carboxylic acids is 3. The summed E-state index contributed by atoms with van der Waals surface area (Å²) >= 11 is 1.27. The number of oxazole rings is 1. The molecule has 0 bridgehead atoms. The van der Waals surface area contributed by atoms with Gasteiger partial charge in [-0.2, -0.15) is 0 Å². The van der Waals surface area contributed by atoms with Crippen LogP contribution in [0.1, 0.15) is 99.3 Å². The minimum Gasteiger partial charge on any atom is -0.474 e. The minimum absolute atomic E-state index is 0.0240. The summed E-state index contributed by atoms with van der Waals surface area (Å²) in [7, 11) is 0. The van der Waals surface area contributed by atoms with Gasteiger partial charge in [0.05, 0.1) is 18.7 Å². The molecule has 0 aromatic carbocycles. The quantitative estimate of drug-likeness (QED) is 0.320. The molecule has 12 nitrogen and oxygen atoms in total. The van der Waals surface area contributed by atoms with E-state index in [1.165, 1.54) is 17.6 Å². The molecular formula is C27H40N6O6S. The van der Waals surface area contributed by atoms with Crippen LogP contribution in [0.4, 0.5) is 0 Å². The number of aliphatic imine (C=N–C) groups is 1. The van der Waals surface area contributed by atoms with Crippen LogP contribution in [0.5, 0.6) is 0 Å². The second-order valence-corrected chi connectivity index (χ2v) is 11.7. The monoisotopic (exact) mass is 576 g/mol. The topological polar surface area (TPSA) is 171 Å². The van der Waals surface area contributed by atoms with Crippen molar-refractivity contribution in [1.29, 1.82) is 0 Å². The first-order valence-corrected chi connectivity index (χ1v) is 14.4. The Morgan fingerprint density at radius 2 is 1.70 bits per heavy atom. The predicted molar refractivity (Wildman–Crippen MR) is 150 cm³/mol. The zero-order chi connectivity index (χ0) is 29.7. The van der Waals surface area contributed by atoms with Crippen LogP contribution in [0.25, 0.3) is 0 Å². The molecule has 1 aliphatic rings. The number of hydrogen-bond donors (Lipinski definition) is 3. The van der Waals surface area contributed by atoms with Crippen molar-refractivity contribution >= 4 is 35.0 Å². The average molecular weight is 577 g/mol. The van der Waals surface area contributed by atoms with Gasteiger partial charge in [0, 0.05) is 5.38 Å². The molecule has 40 heavy (non-hydrogen) atoms. The summed E-state index contributed by atoms with van der Waals surface area (Å²) in [6.45, 7) is 15.3. The first-order valence-electron chi connectivity index (χ1n) is 13.5. The molecule has 5 atom stereocenters. The molecule has 4 N–H and O–H groups in total. The van der Waals surface area contributed by atoms with Gasteiger partial charge in [0.2, 0.25) is 17.7 Å². The van der Waals surface area contributed by atoms with Gasteiger partial charge >= 0.3 is 5.97 Å². The Morgan fingerprint density at radius 3 is 2.30 bits per heavy atom. The molecule has 1 unspecified atom stereocenters. The number of thiazole rings is 1. The van der Waals surface area contributed by atoms with E-state index in [0.717, 1.165) is 0 Å². The van der Waals surface area contributed by atoms with Crippen LogP contribution in [0.3, 0.4) is 0 Å². The third-order valence-corrected chi connectivity index (χ3v) is 7.43. The van der Waals surface area contributed by atoms with Gasteiger partial charge in [-0.3, -0.25) is 9.59 Å². The van der Waals surface area contributed by atoms with Crippen molar-refractivity contribution in [3.8, 4) is 0 Å². The molecule has 2 amide bonds. The second kappa shape index (κ2) is 13.4. The van der Waals surface area contributed by atoms with Gasteiger partial charge in [-0.1, -0.05) is 41.5 Å². The van der Waals surface area contributed by atoms with Gasteiger partial charge in [-0.15, -0.1) is 11.3 Å². The zero-order valence-electron chi connectivity index (χ0n) is 24.3. The van der Waals surface area contributed by atoms with E-state index in [2.05, 4.69) is 25.6 Å². The zero-order valence-corrected chi connectivity index (χ0v) is 25.1. The molecule has 0 radical (unpaired) electrons. The normalized spacial score (nSPS) is 19.2. The van der Waals surface area contributed by atoms with Crippen molar-refractivity contribution in [3.63, 3.8) is 0 Å². The maximum Gasteiger partial charge on any atom is 0.357 e. The van der Waals surface area contributed by atoms with Gasteiger partial charge in [0.25, 0.3) is 5.91 Å². The van der Waals surface area contributed by atoms with Crippen LogP contribution in [-0.2, 0) is 14.3 Å². The maximum absolute atomic E-state index is 13.2. The molecule has 0 saturated heterocycles. The van der Waals surface area contributed by atoms with Crippen LogP contribution >= 0.6 is 11.3 Å². The maximum atomic E-state index is 13.2. The standard InChI is InChI=1S/C27H40N6O6S/c1-9-37-27(36)17-11-40-26(30-17)20(14(6)7)32-22(34)16-10-38-25(29-16)19(13(4)5)31-23(35)21-15(8)39-24(33-21)18(28)12(2)3/h10-15,18-21H,9,28H2,1-8H3,(H,31,35)(H,32,34)/t15-,18+,19+,20+,21?/m1/s1. The molecule has 13 heteroatoms. The predicted octanol–water partition coefficient (Wildman–Crippen LogP) is 3.42. The molecule has 1 aliphatic heterocycles. The summed E-state index contributed by atoms with van der Waals surface area (Å²) in [6, 6.07) is -2.23. The number of aromatic nitrogens is 2. The van der Waals surface area contributed by atoms with E-state index in [-0.39, 0.29) is 47.5 Å². The van der Waals surface area contributed by atoms with E-state index in [1.807, 2.05) is 41.5 Å². The molecule has 3 heterocycles. The number of nitrogens with two attached hydrogens (primary N) is 1. The fourth-order valence-corrected chi connectivity index (χ4v) is 5.00. The van der Waals surface area contributed by atoms with Crippen LogP contribution < -0.4 is 16.4 Å². The lowest BCUT2D eigenvalue weighted by atomic mass is 10.0. The van der Waals surface area contributed by atoms with Gasteiger partial charge < -0.3 is 30.3 Å². The summed E-state index contributed by atoms with van der Waals surface area (Å²) in [5.41, 5.74) is 6.42. The van der Waals surface area contributed by atoms with E-state index in [9.17, 15) is 14.4 Å². The number of esters is 1. The lowest BCUT2D eigenvalue weighted by molar-refractivity contribution is -0.124. The van der Waals surface area contributed by atoms with Crippen molar-refractivity contribution < 1.29 is 28.3 Å². The first-order chi connectivity index (χ1) is 18.8. The molecule has 2 aromatic rings. The van der Waals surface area contributed by atoms with Gasteiger partial charge in [0.1, 0.15) is 23.4 Å². The Labute approximate surface area is 238 Å². The summed E-state index contributed by atoms with van der Waals surface area (Å²) < 4.78 is 16.4.